The third-order valence-electron chi connectivity index (χ3n) is 4.24. The molecule has 2 aromatic heterocycles. The lowest BCUT2D eigenvalue weighted by Crippen LogP contribution is -2.00. The molecule has 4 aromatic rings. The van der Waals surface area contributed by atoms with Gasteiger partial charge < -0.3 is 5.32 Å². The first-order chi connectivity index (χ1) is 13.2. The van der Waals surface area contributed by atoms with Crippen LogP contribution in [-0.2, 0) is 0 Å². The number of fused-ring (bicyclic) bond motifs is 1. The second-order valence-corrected chi connectivity index (χ2v) is 5.93. The lowest BCUT2D eigenvalue weighted by Gasteiger charge is -2.11. The maximum Gasteiger partial charge on any atom is 0.163 e. The molecule has 0 aliphatic rings. The van der Waals surface area contributed by atoms with Gasteiger partial charge in [-0.1, -0.05) is 12.1 Å². The zero-order valence-electron chi connectivity index (χ0n) is 14.4. The molecule has 130 valence electrons. The van der Waals surface area contributed by atoms with E-state index < -0.39 is 5.82 Å². The number of anilines is 1. The smallest absolute Gasteiger partial charge is 0.163 e. The highest BCUT2D eigenvalue weighted by atomic mass is 19.1. The Morgan fingerprint density at radius 2 is 1.89 bits per heavy atom. The van der Waals surface area contributed by atoms with Gasteiger partial charge in [0.1, 0.15) is 11.6 Å². The van der Waals surface area contributed by atoms with Gasteiger partial charge in [-0.2, -0.15) is 5.26 Å². The molecule has 1 N–H and O–H groups in total. The van der Waals surface area contributed by atoms with Gasteiger partial charge in [0, 0.05) is 36.0 Å². The predicted octanol–water partition coefficient (Wildman–Crippen LogP) is 4.41. The lowest BCUT2D eigenvalue weighted by molar-refractivity contribution is 0.633. The average molecular weight is 355 g/mol. The fourth-order valence-electron chi connectivity index (χ4n) is 2.94. The molecule has 0 aliphatic carbocycles. The molecule has 27 heavy (non-hydrogen) atoms. The number of hydrogen-bond acceptors (Lipinski definition) is 5. The van der Waals surface area contributed by atoms with E-state index in [0.29, 0.717) is 39.2 Å². The van der Waals surface area contributed by atoms with Crippen molar-refractivity contribution in [3.63, 3.8) is 0 Å². The van der Waals surface area contributed by atoms with Gasteiger partial charge in [-0.3, -0.25) is 4.98 Å². The Hall–Kier alpha value is -3.85. The summed E-state index contributed by atoms with van der Waals surface area (Å²) in [6.45, 7) is 0. The molecule has 0 spiro atoms. The summed E-state index contributed by atoms with van der Waals surface area (Å²) in [5.41, 5.74) is 2.86. The van der Waals surface area contributed by atoms with Gasteiger partial charge in [-0.25, -0.2) is 14.4 Å². The Kier molecular flexibility index (Phi) is 4.19. The van der Waals surface area contributed by atoms with Crippen molar-refractivity contribution in [2.24, 2.45) is 0 Å². The first-order valence-corrected chi connectivity index (χ1v) is 8.29. The van der Waals surface area contributed by atoms with Gasteiger partial charge >= 0.3 is 0 Å². The summed E-state index contributed by atoms with van der Waals surface area (Å²) in [4.78, 5) is 13.2. The zero-order valence-corrected chi connectivity index (χ0v) is 14.4. The predicted molar refractivity (Wildman–Crippen MR) is 102 cm³/mol. The van der Waals surface area contributed by atoms with E-state index >= 15 is 0 Å². The van der Waals surface area contributed by atoms with Gasteiger partial charge in [-0.15, -0.1) is 0 Å². The van der Waals surface area contributed by atoms with Crippen molar-refractivity contribution in [1.29, 1.82) is 5.26 Å². The molecule has 2 aromatic carbocycles. The van der Waals surface area contributed by atoms with Gasteiger partial charge in [0.2, 0.25) is 0 Å². The highest BCUT2D eigenvalue weighted by Crippen LogP contribution is 2.31. The summed E-state index contributed by atoms with van der Waals surface area (Å²) in [5.74, 6) is 0.644. The fourth-order valence-corrected chi connectivity index (χ4v) is 2.94. The van der Waals surface area contributed by atoms with E-state index in [-0.39, 0.29) is 0 Å². The summed E-state index contributed by atoms with van der Waals surface area (Å²) in [6.07, 6.45) is 3.36. The Balaban J connectivity index is 1.95. The quantitative estimate of drug-likeness (QED) is 0.589. The van der Waals surface area contributed by atoms with Crippen molar-refractivity contribution in [2.45, 2.75) is 0 Å². The monoisotopic (exact) mass is 355 g/mol. The maximum atomic E-state index is 14.8. The molecule has 0 aliphatic heterocycles. The van der Waals surface area contributed by atoms with Crippen LogP contribution in [-0.4, -0.2) is 22.0 Å². The molecule has 0 fully saturated rings. The number of halogens is 1. The van der Waals surface area contributed by atoms with Crippen LogP contribution in [0.5, 0.6) is 0 Å². The number of hydrogen-bond donors (Lipinski definition) is 1. The Labute approximate surface area is 155 Å². The van der Waals surface area contributed by atoms with Crippen molar-refractivity contribution >= 4 is 16.7 Å². The first kappa shape index (κ1) is 16.6. The van der Waals surface area contributed by atoms with Crippen molar-refractivity contribution in [2.75, 3.05) is 12.4 Å². The Bertz CT molecular complexity index is 1180. The van der Waals surface area contributed by atoms with Crippen LogP contribution < -0.4 is 5.32 Å². The van der Waals surface area contributed by atoms with E-state index in [1.165, 1.54) is 6.07 Å². The molecule has 0 saturated heterocycles. The van der Waals surface area contributed by atoms with Crippen LogP contribution in [0.3, 0.4) is 0 Å². The average Bonchev–Trinajstić information content (AvgIpc) is 2.73. The summed E-state index contributed by atoms with van der Waals surface area (Å²) in [5, 5.41) is 12.7. The van der Waals surface area contributed by atoms with E-state index in [2.05, 4.69) is 26.3 Å². The molecular formula is C21H14FN5. The standard InChI is InChI=1S/C21H14FN5/c1-24-21-17-9-18(22)16(14-5-2-4-13(8-14)11-23)10-19(17)26-20(27-21)15-6-3-7-25-12-15/h2-10,12H,1H3,(H,24,26,27). The number of nitrogens with zero attached hydrogens (tertiary/aromatic N) is 4. The molecule has 0 amide bonds. The number of pyridine rings is 1. The molecule has 5 nitrogen and oxygen atoms in total. The van der Waals surface area contributed by atoms with Crippen molar-refractivity contribution in [3.05, 3.63) is 72.3 Å². The molecule has 0 radical (unpaired) electrons. The highest BCUT2D eigenvalue weighted by Gasteiger charge is 2.14. The molecule has 0 atom stereocenters. The molecule has 0 saturated carbocycles. The molecule has 0 unspecified atom stereocenters. The van der Waals surface area contributed by atoms with E-state index in [1.54, 1.807) is 49.8 Å². The van der Waals surface area contributed by atoms with E-state index in [1.807, 2.05) is 12.1 Å². The van der Waals surface area contributed by atoms with Gasteiger partial charge in [0.15, 0.2) is 5.82 Å². The van der Waals surface area contributed by atoms with Crippen LogP contribution in [0.4, 0.5) is 10.2 Å². The van der Waals surface area contributed by atoms with Crippen LogP contribution in [0.15, 0.2) is 60.9 Å². The fraction of sp³-hybridized carbons (Fsp3) is 0.0476. The Morgan fingerprint density at radius 1 is 1.04 bits per heavy atom. The third kappa shape index (κ3) is 3.07. The van der Waals surface area contributed by atoms with Crippen molar-refractivity contribution < 1.29 is 4.39 Å². The normalized spacial score (nSPS) is 10.6. The highest BCUT2D eigenvalue weighted by molar-refractivity contribution is 5.93. The van der Waals surface area contributed by atoms with Gasteiger partial charge in [0.25, 0.3) is 0 Å². The third-order valence-corrected chi connectivity index (χ3v) is 4.24. The number of nitrogens with one attached hydrogen (secondary N) is 1. The lowest BCUT2D eigenvalue weighted by atomic mass is 10.0. The maximum absolute atomic E-state index is 14.8. The second kappa shape index (κ2) is 6.81. The van der Waals surface area contributed by atoms with Gasteiger partial charge in [-0.05, 0) is 42.0 Å². The number of aromatic nitrogens is 3. The van der Waals surface area contributed by atoms with Crippen LogP contribution >= 0.6 is 0 Å². The minimum absolute atomic E-state index is 0.387. The van der Waals surface area contributed by atoms with Crippen LogP contribution in [0, 0.1) is 17.1 Å². The zero-order chi connectivity index (χ0) is 18.8. The molecule has 4 rings (SSSR count). The first-order valence-electron chi connectivity index (χ1n) is 8.29. The summed E-state index contributed by atoms with van der Waals surface area (Å²) >= 11 is 0. The van der Waals surface area contributed by atoms with Crippen molar-refractivity contribution in [1.82, 2.24) is 15.0 Å². The summed E-state index contributed by atoms with van der Waals surface area (Å²) in [6, 6.07) is 15.7. The van der Waals surface area contributed by atoms with E-state index in [4.69, 9.17) is 5.26 Å². The largest absolute Gasteiger partial charge is 0.373 e. The van der Waals surface area contributed by atoms with E-state index in [0.717, 1.165) is 5.56 Å². The minimum Gasteiger partial charge on any atom is -0.373 e. The molecule has 2 heterocycles. The number of nitriles is 1. The number of benzene rings is 2. The SMILES string of the molecule is CNc1nc(-c2cccnc2)nc2cc(-c3cccc(C#N)c3)c(F)cc12. The van der Waals surface area contributed by atoms with Crippen LogP contribution in [0.25, 0.3) is 33.4 Å². The molecule has 0 bridgehead atoms. The van der Waals surface area contributed by atoms with Crippen molar-refractivity contribution in [3.8, 4) is 28.6 Å². The van der Waals surface area contributed by atoms with Gasteiger partial charge in [0.05, 0.1) is 17.1 Å². The molecule has 6 heteroatoms. The second-order valence-electron chi connectivity index (χ2n) is 5.93. The van der Waals surface area contributed by atoms with E-state index in [9.17, 15) is 4.39 Å². The minimum atomic E-state index is -0.396. The summed E-state index contributed by atoms with van der Waals surface area (Å²) in [7, 11) is 1.73. The topological polar surface area (TPSA) is 74.5 Å². The Morgan fingerprint density at radius 3 is 2.63 bits per heavy atom. The molecular weight excluding hydrogens is 341 g/mol. The summed E-state index contributed by atoms with van der Waals surface area (Å²) < 4.78 is 14.8. The van der Waals surface area contributed by atoms with Crippen LogP contribution in [0.1, 0.15) is 5.56 Å². The number of rotatable bonds is 3. The van der Waals surface area contributed by atoms with Crippen LogP contribution in [0.2, 0.25) is 0 Å².